The molecular weight excluding hydrogens is 558 g/mol. The van der Waals surface area contributed by atoms with Crippen LogP contribution in [-0.4, -0.2) is 31.6 Å². The van der Waals surface area contributed by atoms with Crippen molar-refractivity contribution in [2.24, 2.45) is 0 Å². The van der Waals surface area contributed by atoms with Gasteiger partial charge in [0.25, 0.3) is 11.1 Å². The first-order valence-electron chi connectivity index (χ1n) is 11.8. The summed E-state index contributed by atoms with van der Waals surface area (Å²) in [5.74, 6) is -0.560. The molecule has 4 aromatic rings. The molecule has 10 heteroatoms. The van der Waals surface area contributed by atoms with Crippen LogP contribution in [0.1, 0.15) is 16.7 Å². The van der Waals surface area contributed by atoms with E-state index >= 15 is 0 Å². The van der Waals surface area contributed by atoms with Gasteiger partial charge in [0, 0.05) is 0 Å². The van der Waals surface area contributed by atoms with Crippen LogP contribution < -0.4 is 8.92 Å². The van der Waals surface area contributed by atoms with Crippen LogP contribution in [0.2, 0.25) is 5.02 Å². The van der Waals surface area contributed by atoms with Gasteiger partial charge in [0.1, 0.15) is 4.90 Å². The Labute approximate surface area is 235 Å². The third kappa shape index (κ3) is 5.52. The van der Waals surface area contributed by atoms with Gasteiger partial charge in [-0.15, -0.1) is 0 Å². The standard InChI is InChI=1S/C29H22ClNO6S2/c1-18-10-12-22(13-11-18)39(34,35)37-27-24(30)14-19(15-25(27)36-2)16-26-28(32)31(29(33)38-26)17-21-8-5-7-20-6-3-4-9-23(20)21/h3-16H,17H2,1-2H3/b26-16-. The maximum absolute atomic E-state index is 13.2. The van der Waals surface area contributed by atoms with Gasteiger partial charge in [0.05, 0.1) is 23.6 Å². The highest BCUT2D eigenvalue weighted by atomic mass is 35.5. The van der Waals surface area contributed by atoms with Gasteiger partial charge >= 0.3 is 10.1 Å². The van der Waals surface area contributed by atoms with Gasteiger partial charge in [-0.05, 0) is 70.9 Å². The highest BCUT2D eigenvalue weighted by molar-refractivity contribution is 8.18. The van der Waals surface area contributed by atoms with E-state index in [2.05, 4.69) is 0 Å². The van der Waals surface area contributed by atoms with Crippen LogP contribution in [0.3, 0.4) is 0 Å². The molecule has 7 nitrogen and oxygen atoms in total. The van der Waals surface area contributed by atoms with Crippen molar-refractivity contribution < 1.29 is 26.9 Å². The number of hydrogen-bond donors (Lipinski definition) is 0. The molecule has 0 aromatic heterocycles. The Morgan fingerprint density at radius 3 is 2.44 bits per heavy atom. The minimum absolute atomic E-state index is 0.0323. The Morgan fingerprint density at radius 1 is 0.974 bits per heavy atom. The molecule has 0 aliphatic carbocycles. The molecule has 4 aromatic carbocycles. The number of imide groups is 1. The number of carbonyl (C=O) groups is 2. The Bertz CT molecular complexity index is 1740. The number of thioether (sulfide) groups is 1. The fourth-order valence-corrected chi connectivity index (χ4v) is 6.25. The van der Waals surface area contributed by atoms with Gasteiger partial charge < -0.3 is 8.92 Å². The Kier molecular flexibility index (Phi) is 7.40. The average Bonchev–Trinajstić information content (AvgIpc) is 3.17. The van der Waals surface area contributed by atoms with E-state index in [-0.39, 0.29) is 38.1 Å². The van der Waals surface area contributed by atoms with Crippen LogP contribution >= 0.6 is 23.4 Å². The molecule has 0 unspecified atom stereocenters. The second kappa shape index (κ2) is 10.8. The molecule has 1 aliphatic heterocycles. The third-order valence-electron chi connectivity index (χ3n) is 6.13. The van der Waals surface area contributed by atoms with Crippen molar-refractivity contribution in [2.45, 2.75) is 18.4 Å². The smallest absolute Gasteiger partial charge is 0.339 e. The number of benzene rings is 4. The number of rotatable bonds is 7. The molecule has 5 rings (SSSR count). The predicted octanol–water partition coefficient (Wildman–Crippen LogP) is 6.81. The van der Waals surface area contributed by atoms with Gasteiger partial charge in [-0.3, -0.25) is 14.5 Å². The van der Waals surface area contributed by atoms with Crippen LogP contribution in [-0.2, 0) is 21.5 Å². The van der Waals surface area contributed by atoms with E-state index < -0.39 is 16.0 Å². The Morgan fingerprint density at radius 2 is 1.69 bits per heavy atom. The number of aryl methyl sites for hydroxylation is 1. The summed E-state index contributed by atoms with van der Waals surface area (Å²) < 4.78 is 36.3. The summed E-state index contributed by atoms with van der Waals surface area (Å²) in [7, 11) is -2.83. The summed E-state index contributed by atoms with van der Waals surface area (Å²) in [6, 6.07) is 22.7. The number of ether oxygens (including phenoxy) is 1. The lowest BCUT2D eigenvalue weighted by Crippen LogP contribution is -2.27. The van der Waals surface area contributed by atoms with Gasteiger partial charge in [-0.25, -0.2) is 0 Å². The molecule has 1 saturated heterocycles. The summed E-state index contributed by atoms with van der Waals surface area (Å²) in [6.45, 7) is 1.98. The molecule has 0 saturated carbocycles. The van der Waals surface area contributed by atoms with Crippen molar-refractivity contribution in [3.63, 3.8) is 0 Å². The lowest BCUT2D eigenvalue weighted by molar-refractivity contribution is -0.123. The molecule has 1 heterocycles. The first-order chi connectivity index (χ1) is 18.7. The molecule has 0 radical (unpaired) electrons. The summed E-state index contributed by atoms with van der Waals surface area (Å²) in [6.07, 6.45) is 1.51. The number of hydrogen-bond acceptors (Lipinski definition) is 7. The van der Waals surface area contributed by atoms with Crippen molar-refractivity contribution in [1.82, 2.24) is 4.90 Å². The first kappa shape index (κ1) is 26.8. The molecule has 1 fully saturated rings. The zero-order valence-electron chi connectivity index (χ0n) is 20.9. The van der Waals surface area contributed by atoms with Crippen LogP contribution in [0.15, 0.2) is 88.7 Å². The van der Waals surface area contributed by atoms with E-state index in [9.17, 15) is 18.0 Å². The van der Waals surface area contributed by atoms with E-state index in [1.165, 1.54) is 42.4 Å². The minimum Gasteiger partial charge on any atom is -0.493 e. The van der Waals surface area contributed by atoms with E-state index in [0.717, 1.165) is 33.7 Å². The van der Waals surface area contributed by atoms with Crippen molar-refractivity contribution in [2.75, 3.05) is 7.11 Å². The SMILES string of the molecule is COc1cc(/C=C2\SC(=O)N(Cc3cccc4ccccc34)C2=O)cc(Cl)c1OS(=O)(=O)c1ccc(C)cc1. The molecular formula is C29H22ClNO6S2. The van der Waals surface area contributed by atoms with Gasteiger partial charge in [0.15, 0.2) is 5.75 Å². The van der Waals surface area contributed by atoms with Gasteiger partial charge in [-0.2, -0.15) is 8.42 Å². The number of nitrogens with zero attached hydrogens (tertiary/aromatic N) is 1. The molecule has 39 heavy (non-hydrogen) atoms. The summed E-state index contributed by atoms with van der Waals surface area (Å²) in [5, 5.41) is 1.56. The van der Waals surface area contributed by atoms with Crippen molar-refractivity contribution in [3.8, 4) is 11.5 Å². The second-order valence-electron chi connectivity index (χ2n) is 8.79. The molecule has 198 valence electrons. The zero-order valence-corrected chi connectivity index (χ0v) is 23.3. The monoisotopic (exact) mass is 579 g/mol. The molecule has 2 amide bonds. The minimum atomic E-state index is -4.18. The zero-order chi connectivity index (χ0) is 27.7. The predicted molar refractivity (Wildman–Crippen MR) is 152 cm³/mol. The Balaban J connectivity index is 1.41. The van der Waals surface area contributed by atoms with E-state index in [0.29, 0.717) is 5.56 Å². The highest BCUT2D eigenvalue weighted by Crippen LogP contribution is 2.40. The molecule has 0 spiro atoms. The molecule has 1 aliphatic rings. The van der Waals surface area contributed by atoms with Gasteiger partial charge in [-0.1, -0.05) is 71.8 Å². The molecule has 0 N–H and O–H groups in total. The van der Waals surface area contributed by atoms with Crippen LogP contribution in [0.4, 0.5) is 4.79 Å². The number of methoxy groups -OCH3 is 1. The number of halogens is 1. The summed E-state index contributed by atoms with van der Waals surface area (Å²) in [5.41, 5.74) is 2.20. The van der Waals surface area contributed by atoms with E-state index in [1.807, 2.05) is 49.4 Å². The Hall–Kier alpha value is -3.79. The van der Waals surface area contributed by atoms with Crippen molar-refractivity contribution in [3.05, 3.63) is 105 Å². The van der Waals surface area contributed by atoms with Crippen molar-refractivity contribution >= 4 is 61.5 Å². The lowest BCUT2D eigenvalue weighted by Gasteiger charge is -2.14. The van der Waals surface area contributed by atoms with Crippen molar-refractivity contribution in [1.29, 1.82) is 0 Å². The van der Waals surface area contributed by atoms with E-state index in [1.54, 1.807) is 12.1 Å². The number of carbonyl (C=O) groups excluding carboxylic acids is 2. The third-order valence-corrected chi connectivity index (χ3v) is 8.56. The largest absolute Gasteiger partial charge is 0.493 e. The fourth-order valence-electron chi connectivity index (χ4n) is 4.16. The van der Waals surface area contributed by atoms with Crippen LogP contribution in [0.5, 0.6) is 11.5 Å². The first-order valence-corrected chi connectivity index (χ1v) is 14.4. The van der Waals surface area contributed by atoms with E-state index in [4.69, 9.17) is 20.5 Å². The topological polar surface area (TPSA) is 90.0 Å². The molecule has 0 bridgehead atoms. The second-order valence-corrected chi connectivity index (χ2v) is 11.7. The maximum Gasteiger partial charge on any atom is 0.339 e. The number of fused-ring (bicyclic) bond motifs is 1. The average molecular weight is 580 g/mol. The maximum atomic E-state index is 13.2. The normalized spacial score (nSPS) is 14.8. The van der Waals surface area contributed by atoms with Crippen LogP contribution in [0, 0.1) is 6.92 Å². The quantitative estimate of drug-likeness (QED) is 0.175. The number of amides is 2. The van der Waals surface area contributed by atoms with Crippen LogP contribution in [0.25, 0.3) is 16.8 Å². The molecule has 0 atom stereocenters. The van der Waals surface area contributed by atoms with Gasteiger partial charge in [0.2, 0.25) is 5.75 Å². The fraction of sp³-hybridized carbons (Fsp3) is 0.103. The lowest BCUT2D eigenvalue weighted by atomic mass is 10.0. The highest BCUT2D eigenvalue weighted by Gasteiger charge is 2.35. The summed E-state index contributed by atoms with van der Waals surface area (Å²) >= 11 is 7.23. The summed E-state index contributed by atoms with van der Waals surface area (Å²) in [4.78, 5) is 27.3.